The molecule has 24 heavy (non-hydrogen) atoms. The summed E-state index contributed by atoms with van der Waals surface area (Å²) in [6.07, 6.45) is 7.15. The van der Waals surface area contributed by atoms with Crippen molar-refractivity contribution in [2.45, 2.75) is 31.2 Å². The number of nitrogens with zero attached hydrogens (tertiary/aromatic N) is 2. The third-order valence-corrected chi connectivity index (χ3v) is 6.48. The zero-order valence-electron chi connectivity index (χ0n) is 13.9. The van der Waals surface area contributed by atoms with Crippen molar-refractivity contribution in [3.05, 3.63) is 41.4 Å². The Morgan fingerprint density at radius 2 is 2.12 bits per heavy atom. The molecule has 2 heterocycles. The average molecular weight is 341 g/mol. The lowest BCUT2D eigenvalue weighted by Crippen LogP contribution is -2.43. The number of fused-ring (bicyclic) bond motifs is 1. The van der Waals surface area contributed by atoms with Crippen LogP contribution in [0.25, 0.3) is 10.2 Å². The molecule has 0 spiro atoms. The number of nitrogens with one attached hydrogen (secondary N) is 1. The van der Waals surface area contributed by atoms with Gasteiger partial charge in [0.2, 0.25) is 5.91 Å². The van der Waals surface area contributed by atoms with E-state index in [0.29, 0.717) is 6.04 Å². The summed E-state index contributed by atoms with van der Waals surface area (Å²) in [4.78, 5) is 19.9. The van der Waals surface area contributed by atoms with Crippen LogP contribution in [-0.2, 0) is 4.79 Å². The number of rotatable bonds is 3. The smallest absolute Gasteiger partial charge is 0.226 e. The number of benzene rings is 1. The van der Waals surface area contributed by atoms with Gasteiger partial charge in [0.1, 0.15) is 0 Å². The van der Waals surface area contributed by atoms with Gasteiger partial charge in [0.15, 0.2) is 0 Å². The van der Waals surface area contributed by atoms with Crippen LogP contribution >= 0.6 is 11.3 Å². The monoisotopic (exact) mass is 341 g/mol. The topological polar surface area (TPSA) is 45.2 Å². The minimum absolute atomic E-state index is 0.0150. The maximum Gasteiger partial charge on any atom is 0.226 e. The minimum atomic E-state index is 0.0150. The van der Waals surface area contributed by atoms with Crippen molar-refractivity contribution < 1.29 is 4.79 Å². The van der Waals surface area contributed by atoms with Crippen molar-refractivity contribution in [1.29, 1.82) is 0 Å². The van der Waals surface area contributed by atoms with Gasteiger partial charge in [0, 0.05) is 25.6 Å². The van der Waals surface area contributed by atoms with Crippen molar-refractivity contribution in [3.63, 3.8) is 0 Å². The van der Waals surface area contributed by atoms with Crippen LogP contribution in [0.4, 0.5) is 0 Å². The summed E-state index contributed by atoms with van der Waals surface area (Å²) in [5, 5.41) is 4.46. The largest absolute Gasteiger partial charge is 0.341 e. The summed E-state index contributed by atoms with van der Waals surface area (Å²) in [7, 11) is 1.97. The maximum atomic E-state index is 13.1. The number of hydrogen-bond donors (Lipinski definition) is 1. The summed E-state index contributed by atoms with van der Waals surface area (Å²) in [5.74, 6) is 0.496. The molecule has 2 aromatic rings. The average Bonchev–Trinajstić information content (AvgIpc) is 3.29. The Hall–Kier alpha value is -1.72. The Morgan fingerprint density at radius 1 is 1.29 bits per heavy atom. The predicted molar refractivity (Wildman–Crippen MR) is 98.3 cm³/mol. The highest BCUT2D eigenvalue weighted by Gasteiger charge is 2.36. The van der Waals surface area contributed by atoms with Crippen molar-refractivity contribution in [2.24, 2.45) is 5.92 Å². The molecule has 4 rings (SSSR count). The number of amides is 1. The van der Waals surface area contributed by atoms with E-state index in [1.165, 1.54) is 4.70 Å². The number of thiazole rings is 1. The van der Waals surface area contributed by atoms with Crippen LogP contribution in [0.2, 0.25) is 0 Å². The molecular weight excluding hydrogens is 318 g/mol. The maximum absolute atomic E-state index is 13.1. The molecular formula is C19H23N3OS. The molecule has 1 amide bonds. The number of allylic oxidation sites excluding steroid dienone is 2. The van der Waals surface area contributed by atoms with E-state index < -0.39 is 0 Å². The number of para-hydroxylation sites is 1. The van der Waals surface area contributed by atoms with Gasteiger partial charge in [-0.15, -0.1) is 11.3 Å². The Morgan fingerprint density at radius 3 is 2.92 bits per heavy atom. The number of carbonyl (C=O) groups excluding carboxylic acids is 1. The molecule has 1 aromatic heterocycles. The van der Waals surface area contributed by atoms with Crippen molar-refractivity contribution in [1.82, 2.24) is 15.2 Å². The van der Waals surface area contributed by atoms with Crippen LogP contribution in [0.3, 0.4) is 0 Å². The van der Waals surface area contributed by atoms with E-state index in [1.807, 2.05) is 18.0 Å². The molecule has 5 heteroatoms. The quantitative estimate of drug-likeness (QED) is 0.872. The lowest BCUT2D eigenvalue weighted by molar-refractivity contribution is -0.136. The molecule has 0 saturated carbocycles. The van der Waals surface area contributed by atoms with Gasteiger partial charge in [-0.2, -0.15) is 0 Å². The lowest BCUT2D eigenvalue weighted by atomic mass is 9.82. The molecule has 126 valence electrons. The fourth-order valence-electron chi connectivity index (χ4n) is 3.82. The van der Waals surface area contributed by atoms with Gasteiger partial charge in [0.25, 0.3) is 0 Å². The SMILES string of the molecule is CN(C(=O)C1CC=CCC1c1nc2ccccc2s1)C1CCNC1. The van der Waals surface area contributed by atoms with Crippen LogP contribution in [0.1, 0.15) is 30.2 Å². The molecule has 3 unspecified atom stereocenters. The second-order valence-electron chi connectivity index (χ2n) is 6.77. The summed E-state index contributed by atoms with van der Waals surface area (Å²) in [6, 6.07) is 8.58. The molecule has 1 aliphatic heterocycles. The first-order valence-electron chi connectivity index (χ1n) is 8.72. The van der Waals surface area contributed by atoms with Gasteiger partial charge in [-0.25, -0.2) is 4.98 Å². The fraction of sp³-hybridized carbons (Fsp3) is 0.474. The molecule has 4 nitrogen and oxygen atoms in total. The molecule has 1 saturated heterocycles. The van der Waals surface area contributed by atoms with Crippen LogP contribution in [0.5, 0.6) is 0 Å². The first-order valence-corrected chi connectivity index (χ1v) is 9.53. The lowest BCUT2D eigenvalue weighted by Gasteiger charge is -2.32. The molecule has 1 aromatic carbocycles. The van der Waals surface area contributed by atoms with Crippen LogP contribution in [-0.4, -0.2) is 42.0 Å². The van der Waals surface area contributed by atoms with Crippen molar-refractivity contribution in [3.8, 4) is 0 Å². The van der Waals surface area contributed by atoms with Gasteiger partial charge < -0.3 is 10.2 Å². The molecule has 2 aliphatic rings. The fourth-order valence-corrected chi connectivity index (χ4v) is 4.97. The summed E-state index contributed by atoms with van der Waals surface area (Å²) in [5.41, 5.74) is 1.05. The second kappa shape index (κ2) is 6.65. The third-order valence-electron chi connectivity index (χ3n) is 5.31. The first-order chi connectivity index (χ1) is 11.7. The number of carbonyl (C=O) groups is 1. The van der Waals surface area contributed by atoms with Gasteiger partial charge in [0.05, 0.1) is 21.1 Å². The summed E-state index contributed by atoms with van der Waals surface area (Å²) >= 11 is 1.74. The van der Waals surface area contributed by atoms with E-state index in [2.05, 4.69) is 35.7 Å². The van der Waals surface area contributed by atoms with Crippen LogP contribution < -0.4 is 5.32 Å². The molecule has 0 radical (unpaired) electrons. The highest BCUT2D eigenvalue weighted by molar-refractivity contribution is 7.18. The van der Waals surface area contributed by atoms with Gasteiger partial charge in [-0.05, 0) is 37.9 Å². The van der Waals surface area contributed by atoms with Crippen LogP contribution in [0.15, 0.2) is 36.4 Å². The van der Waals surface area contributed by atoms with E-state index in [1.54, 1.807) is 11.3 Å². The highest BCUT2D eigenvalue weighted by atomic mass is 32.1. The van der Waals surface area contributed by atoms with Gasteiger partial charge in [-0.1, -0.05) is 24.3 Å². The highest BCUT2D eigenvalue weighted by Crippen LogP contribution is 2.39. The van der Waals surface area contributed by atoms with E-state index in [4.69, 9.17) is 4.98 Å². The number of aromatic nitrogens is 1. The zero-order chi connectivity index (χ0) is 16.5. The second-order valence-corrected chi connectivity index (χ2v) is 7.83. The Balaban J connectivity index is 1.60. The first kappa shape index (κ1) is 15.8. The third kappa shape index (κ3) is 2.87. The van der Waals surface area contributed by atoms with E-state index in [-0.39, 0.29) is 17.7 Å². The molecule has 0 bridgehead atoms. The Labute approximate surface area is 146 Å². The number of hydrogen-bond acceptors (Lipinski definition) is 4. The van der Waals surface area contributed by atoms with E-state index in [9.17, 15) is 4.79 Å². The van der Waals surface area contributed by atoms with E-state index in [0.717, 1.165) is 42.9 Å². The summed E-state index contributed by atoms with van der Waals surface area (Å²) in [6.45, 7) is 1.92. The normalized spacial score (nSPS) is 26.8. The van der Waals surface area contributed by atoms with E-state index >= 15 is 0 Å². The van der Waals surface area contributed by atoms with Crippen molar-refractivity contribution in [2.75, 3.05) is 20.1 Å². The standard InChI is InChI=1S/C19H23N3OS/c1-22(13-10-11-20-12-13)19(23)15-7-3-2-6-14(15)18-21-16-8-4-5-9-17(16)24-18/h2-5,8-9,13-15,20H,6-7,10-12H2,1H3. The molecule has 1 N–H and O–H groups in total. The van der Waals surface area contributed by atoms with Gasteiger partial charge in [-0.3, -0.25) is 4.79 Å². The van der Waals surface area contributed by atoms with Crippen LogP contribution in [0, 0.1) is 5.92 Å². The molecule has 1 aliphatic carbocycles. The molecule has 1 fully saturated rings. The number of likely N-dealkylation sites (N-methyl/N-ethyl adjacent to an activating group) is 1. The zero-order valence-corrected chi connectivity index (χ0v) is 14.8. The minimum Gasteiger partial charge on any atom is -0.341 e. The summed E-state index contributed by atoms with van der Waals surface area (Å²) < 4.78 is 1.21. The molecule has 3 atom stereocenters. The predicted octanol–water partition coefficient (Wildman–Crippen LogP) is 3.17. The Bertz CT molecular complexity index is 730. The van der Waals surface area contributed by atoms with Crippen molar-refractivity contribution >= 4 is 27.5 Å². The Kier molecular flexibility index (Phi) is 4.37. The van der Waals surface area contributed by atoms with Gasteiger partial charge >= 0.3 is 0 Å².